The number of carbonyl (C=O) groups is 2. The molecule has 0 unspecified atom stereocenters. The lowest BCUT2D eigenvalue weighted by atomic mass is 10.1. The number of rotatable bonds is 3. The topological polar surface area (TPSA) is 55.4 Å². The highest BCUT2D eigenvalue weighted by atomic mass is 16.5. The van der Waals surface area contributed by atoms with Crippen molar-refractivity contribution in [1.29, 1.82) is 0 Å². The average Bonchev–Trinajstić information content (AvgIpc) is 2.42. The third-order valence-electron chi connectivity index (χ3n) is 3.00. The first-order valence-electron chi connectivity index (χ1n) is 6.63. The second-order valence-electron chi connectivity index (χ2n) is 4.89. The van der Waals surface area contributed by atoms with Gasteiger partial charge in [0.05, 0.1) is 0 Å². The predicted octanol–water partition coefficient (Wildman–Crippen LogP) is 3.48. The highest BCUT2D eigenvalue weighted by Gasteiger charge is 2.09. The number of hydrogen-bond donors (Lipinski definition) is 1. The molecule has 0 saturated carbocycles. The Morgan fingerprint density at radius 2 is 1.81 bits per heavy atom. The molecule has 0 bridgehead atoms. The van der Waals surface area contributed by atoms with Gasteiger partial charge in [0.1, 0.15) is 5.75 Å². The van der Waals surface area contributed by atoms with Crippen molar-refractivity contribution in [2.45, 2.75) is 20.8 Å². The molecule has 2 rings (SSSR count). The van der Waals surface area contributed by atoms with Gasteiger partial charge in [-0.3, -0.25) is 9.59 Å². The molecule has 0 fully saturated rings. The van der Waals surface area contributed by atoms with Gasteiger partial charge in [-0.2, -0.15) is 0 Å². The summed E-state index contributed by atoms with van der Waals surface area (Å²) in [5.41, 5.74) is 3.28. The minimum absolute atomic E-state index is 0.238. The van der Waals surface area contributed by atoms with Crippen LogP contribution in [0.2, 0.25) is 0 Å². The Morgan fingerprint density at radius 1 is 1.05 bits per heavy atom. The van der Waals surface area contributed by atoms with E-state index in [-0.39, 0.29) is 5.91 Å². The van der Waals surface area contributed by atoms with E-state index in [2.05, 4.69) is 5.32 Å². The van der Waals surface area contributed by atoms with E-state index < -0.39 is 5.97 Å². The van der Waals surface area contributed by atoms with Crippen LogP contribution in [0.3, 0.4) is 0 Å². The Balaban J connectivity index is 2.20. The zero-order valence-electron chi connectivity index (χ0n) is 12.3. The number of carbonyl (C=O) groups excluding carboxylic acids is 2. The molecule has 2 aromatic rings. The van der Waals surface area contributed by atoms with E-state index in [1.807, 2.05) is 32.0 Å². The average molecular weight is 283 g/mol. The summed E-state index contributed by atoms with van der Waals surface area (Å²) in [5.74, 6) is -0.295. The number of benzene rings is 2. The molecule has 0 saturated heterocycles. The molecule has 4 nitrogen and oxygen atoms in total. The Morgan fingerprint density at radius 3 is 2.52 bits per heavy atom. The normalized spacial score (nSPS) is 10.0. The first-order chi connectivity index (χ1) is 9.95. The summed E-state index contributed by atoms with van der Waals surface area (Å²) in [6.07, 6.45) is 0. The van der Waals surface area contributed by atoms with Gasteiger partial charge in [-0.05, 0) is 49.2 Å². The van der Waals surface area contributed by atoms with Gasteiger partial charge in [0.15, 0.2) is 0 Å². The van der Waals surface area contributed by atoms with Gasteiger partial charge < -0.3 is 10.1 Å². The molecule has 0 aliphatic rings. The first-order valence-corrected chi connectivity index (χ1v) is 6.63. The van der Waals surface area contributed by atoms with Crippen molar-refractivity contribution in [3.63, 3.8) is 0 Å². The highest BCUT2D eigenvalue weighted by molar-refractivity contribution is 6.05. The summed E-state index contributed by atoms with van der Waals surface area (Å²) in [5, 5.41) is 2.87. The quantitative estimate of drug-likeness (QED) is 0.693. The second kappa shape index (κ2) is 6.22. The number of esters is 1. The largest absolute Gasteiger partial charge is 0.427 e. The number of amides is 1. The maximum Gasteiger partial charge on any atom is 0.308 e. The summed E-state index contributed by atoms with van der Waals surface area (Å²) < 4.78 is 4.98. The van der Waals surface area contributed by atoms with Crippen LogP contribution in [-0.4, -0.2) is 11.9 Å². The maximum absolute atomic E-state index is 12.3. The van der Waals surface area contributed by atoms with Gasteiger partial charge in [-0.1, -0.05) is 18.2 Å². The minimum Gasteiger partial charge on any atom is -0.427 e. The Kier molecular flexibility index (Phi) is 4.38. The molecule has 0 heterocycles. The molecule has 0 aromatic heterocycles. The molecular formula is C17H17NO3. The zero-order valence-corrected chi connectivity index (χ0v) is 12.3. The minimum atomic E-state index is -0.415. The zero-order chi connectivity index (χ0) is 15.4. The van der Waals surface area contributed by atoms with E-state index in [9.17, 15) is 9.59 Å². The van der Waals surface area contributed by atoms with Gasteiger partial charge in [-0.25, -0.2) is 0 Å². The van der Waals surface area contributed by atoms with Gasteiger partial charge in [0.2, 0.25) is 0 Å². The van der Waals surface area contributed by atoms with E-state index in [1.165, 1.54) is 6.92 Å². The van der Waals surface area contributed by atoms with Gasteiger partial charge >= 0.3 is 5.97 Å². The van der Waals surface area contributed by atoms with Crippen LogP contribution in [0.15, 0.2) is 42.5 Å². The molecule has 108 valence electrons. The van der Waals surface area contributed by atoms with Crippen molar-refractivity contribution < 1.29 is 14.3 Å². The fraction of sp³-hybridized carbons (Fsp3) is 0.176. The van der Waals surface area contributed by atoms with Crippen molar-refractivity contribution in [2.24, 2.45) is 0 Å². The van der Waals surface area contributed by atoms with E-state index in [1.54, 1.807) is 24.3 Å². The fourth-order valence-electron chi connectivity index (χ4n) is 1.93. The molecule has 4 heteroatoms. The third-order valence-corrected chi connectivity index (χ3v) is 3.00. The SMILES string of the molecule is CC(=O)Oc1cccc(C(=O)Nc2cc(C)ccc2C)c1. The van der Waals surface area contributed by atoms with Crippen molar-refractivity contribution >= 4 is 17.6 Å². The highest BCUT2D eigenvalue weighted by Crippen LogP contribution is 2.19. The second-order valence-corrected chi connectivity index (χ2v) is 4.89. The molecule has 21 heavy (non-hydrogen) atoms. The van der Waals surface area contributed by atoms with Crippen molar-refractivity contribution in [1.82, 2.24) is 0 Å². The molecule has 1 amide bonds. The van der Waals surface area contributed by atoms with Crippen LogP contribution in [0.25, 0.3) is 0 Å². The number of anilines is 1. The van der Waals surface area contributed by atoms with Crippen LogP contribution in [0.5, 0.6) is 5.75 Å². The molecule has 0 spiro atoms. The first kappa shape index (κ1) is 14.8. The van der Waals surface area contributed by atoms with Crippen molar-refractivity contribution in [3.05, 3.63) is 59.2 Å². The van der Waals surface area contributed by atoms with Crippen LogP contribution in [0.4, 0.5) is 5.69 Å². The molecule has 0 radical (unpaired) electrons. The number of aryl methyl sites for hydroxylation is 2. The number of hydrogen-bond acceptors (Lipinski definition) is 3. The predicted molar refractivity (Wildman–Crippen MR) is 81.6 cm³/mol. The summed E-state index contributed by atoms with van der Waals surface area (Å²) >= 11 is 0. The molecule has 0 aliphatic heterocycles. The van der Waals surface area contributed by atoms with Crippen LogP contribution < -0.4 is 10.1 Å². The molecule has 0 aliphatic carbocycles. The lowest BCUT2D eigenvalue weighted by Crippen LogP contribution is -2.13. The standard InChI is InChI=1S/C17H17NO3/c1-11-7-8-12(2)16(9-11)18-17(20)14-5-4-6-15(10-14)21-13(3)19/h4-10H,1-3H3,(H,18,20). The number of nitrogens with one attached hydrogen (secondary N) is 1. The van der Waals surface area contributed by atoms with Crippen molar-refractivity contribution in [3.8, 4) is 5.75 Å². The van der Waals surface area contributed by atoms with Gasteiger partial charge in [0, 0.05) is 18.2 Å². The Hall–Kier alpha value is -2.62. The molecule has 2 aromatic carbocycles. The fourth-order valence-corrected chi connectivity index (χ4v) is 1.93. The van der Waals surface area contributed by atoms with Crippen LogP contribution in [-0.2, 0) is 4.79 Å². The van der Waals surface area contributed by atoms with Crippen LogP contribution in [0, 0.1) is 13.8 Å². The van der Waals surface area contributed by atoms with Gasteiger partial charge in [0.25, 0.3) is 5.91 Å². The smallest absolute Gasteiger partial charge is 0.308 e. The van der Waals surface area contributed by atoms with Crippen LogP contribution in [0.1, 0.15) is 28.4 Å². The summed E-state index contributed by atoms with van der Waals surface area (Å²) in [7, 11) is 0. The van der Waals surface area contributed by atoms with E-state index >= 15 is 0 Å². The number of ether oxygens (including phenoxy) is 1. The molecule has 0 atom stereocenters. The maximum atomic E-state index is 12.3. The lowest BCUT2D eigenvalue weighted by Gasteiger charge is -2.10. The Labute approximate surface area is 123 Å². The Bertz CT molecular complexity index is 692. The van der Waals surface area contributed by atoms with E-state index in [4.69, 9.17) is 4.74 Å². The van der Waals surface area contributed by atoms with E-state index in [0.29, 0.717) is 11.3 Å². The summed E-state index contributed by atoms with van der Waals surface area (Å²) in [6, 6.07) is 12.4. The van der Waals surface area contributed by atoms with Gasteiger partial charge in [-0.15, -0.1) is 0 Å². The van der Waals surface area contributed by atoms with E-state index in [0.717, 1.165) is 16.8 Å². The summed E-state index contributed by atoms with van der Waals surface area (Å²) in [6.45, 7) is 5.23. The lowest BCUT2D eigenvalue weighted by molar-refractivity contribution is -0.131. The molecular weight excluding hydrogens is 266 g/mol. The summed E-state index contributed by atoms with van der Waals surface area (Å²) in [4.78, 5) is 23.2. The van der Waals surface area contributed by atoms with Crippen LogP contribution >= 0.6 is 0 Å². The molecule has 1 N–H and O–H groups in total. The third kappa shape index (κ3) is 3.92. The van der Waals surface area contributed by atoms with Crippen molar-refractivity contribution in [2.75, 3.05) is 5.32 Å². The monoisotopic (exact) mass is 283 g/mol.